The average Bonchev–Trinajstić information content (AvgIpc) is 2.53. The molecule has 0 aliphatic heterocycles. The topological polar surface area (TPSA) is 30.0 Å². The lowest BCUT2D eigenvalue weighted by atomic mass is 10.1. The summed E-state index contributed by atoms with van der Waals surface area (Å²) in [4.78, 5) is 15.7. The Balaban J connectivity index is 2.59. The van der Waals surface area contributed by atoms with Gasteiger partial charge in [-0.2, -0.15) is 0 Å². The van der Waals surface area contributed by atoms with Crippen LogP contribution in [0, 0.1) is 0 Å². The number of thiazole rings is 1. The average molecular weight is 209 g/mol. The van der Waals surface area contributed by atoms with Crippen LogP contribution < -0.4 is 0 Å². The van der Waals surface area contributed by atoms with Gasteiger partial charge in [-0.3, -0.25) is 4.79 Å². The zero-order valence-corrected chi connectivity index (χ0v) is 9.49. The fourth-order valence-corrected chi connectivity index (χ4v) is 1.91. The van der Waals surface area contributed by atoms with Crippen LogP contribution in [0.2, 0.25) is 0 Å². The smallest absolute Gasteiger partial charge is 0.138 e. The standard InChI is InChI=1S/C11H15NOS/c1-4-5-10(13)6-9-7-14-11(12-9)8(2)3/h7H,2,4-6H2,1,3H3. The molecule has 0 radical (unpaired) electrons. The first kappa shape index (κ1) is 11.1. The molecule has 1 heterocycles. The molecule has 0 fully saturated rings. The van der Waals surface area contributed by atoms with Crippen molar-refractivity contribution in [3.05, 3.63) is 22.7 Å². The number of hydrogen-bond acceptors (Lipinski definition) is 3. The fraction of sp³-hybridized carbons (Fsp3) is 0.455. The van der Waals surface area contributed by atoms with Crippen molar-refractivity contribution in [1.82, 2.24) is 4.98 Å². The molecule has 1 aromatic rings. The first-order valence-corrected chi connectivity index (χ1v) is 5.63. The Morgan fingerprint density at radius 3 is 2.86 bits per heavy atom. The van der Waals surface area contributed by atoms with Crippen LogP contribution >= 0.6 is 11.3 Å². The van der Waals surface area contributed by atoms with Crippen LogP contribution in [0.3, 0.4) is 0 Å². The van der Waals surface area contributed by atoms with Crippen LogP contribution in [0.15, 0.2) is 12.0 Å². The van der Waals surface area contributed by atoms with E-state index in [0.29, 0.717) is 12.8 Å². The lowest BCUT2D eigenvalue weighted by Gasteiger charge is -1.94. The van der Waals surface area contributed by atoms with Crippen molar-refractivity contribution < 1.29 is 4.79 Å². The highest BCUT2D eigenvalue weighted by Crippen LogP contribution is 2.17. The second-order valence-corrected chi connectivity index (χ2v) is 4.25. The molecule has 3 heteroatoms. The third kappa shape index (κ3) is 3.07. The number of Topliss-reactive ketones (excluding diaryl/α,β-unsaturated/α-hetero) is 1. The lowest BCUT2D eigenvalue weighted by molar-refractivity contribution is -0.118. The molecule has 1 rings (SSSR count). The van der Waals surface area contributed by atoms with E-state index in [1.54, 1.807) is 11.3 Å². The summed E-state index contributed by atoms with van der Waals surface area (Å²) in [6.45, 7) is 7.76. The molecule has 0 spiro atoms. The van der Waals surface area contributed by atoms with Gasteiger partial charge in [-0.15, -0.1) is 11.3 Å². The Morgan fingerprint density at radius 2 is 2.36 bits per heavy atom. The molecule has 0 N–H and O–H groups in total. The minimum Gasteiger partial charge on any atom is -0.299 e. The van der Waals surface area contributed by atoms with Crippen molar-refractivity contribution in [1.29, 1.82) is 0 Å². The number of ketones is 1. The third-order valence-corrected chi connectivity index (χ3v) is 2.88. The molecular formula is C11H15NOS. The second-order valence-electron chi connectivity index (χ2n) is 3.39. The molecule has 0 atom stereocenters. The maximum absolute atomic E-state index is 11.3. The molecule has 0 unspecified atom stereocenters. The highest BCUT2D eigenvalue weighted by Gasteiger charge is 2.06. The Labute approximate surface area is 88.7 Å². The molecule has 0 saturated carbocycles. The van der Waals surface area contributed by atoms with Crippen molar-refractivity contribution in [2.24, 2.45) is 0 Å². The van der Waals surface area contributed by atoms with E-state index in [1.807, 2.05) is 19.2 Å². The zero-order valence-electron chi connectivity index (χ0n) is 8.67. The maximum atomic E-state index is 11.3. The van der Waals surface area contributed by atoms with E-state index < -0.39 is 0 Å². The Kier molecular flexibility index (Phi) is 4.01. The number of nitrogens with zero attached hydrogens (tertiary/aromatic N) is 1. The maximum Gasteiger partial charge on any atom is 0.138 e. The normalized spacial score (nSPS) is 10.1. The number of allylic oxidation sites excluding steroid dienone is 1. The van der Waals surface area contributed by atoms with Crippen LogP contribution in [0.5, 0.6) is 0 Å². The molecule has 0 amide bonds. The summed E-state index contributed by atoms with van der Waals surface area (Å²) in [5, 5.41) is 2.88. The molecule has 14 heavy (non-hydrogen) atoms. The molecule has 0 saturated heterocycles. The summed E-state index contributed by atoms with van der Waals surface area (Å²) < 4.78 is 0. The molecule has 0 aliphatic rings. The van der Waals surface area contributed by atoms with Crippen LogP contribution in [-0.2, 0) is 11.2 Å². The summed E-state index contributed by atoms with van der Waals surface area (Å²) in [6.07, 6.45) is 2.04. The summed E-state index contributed by atoms with van der Waals surface area (Å²) >= 11 is 1.55. The molecule has 0 bridgehead atoms. The highest BCUT2D eigenvalue weighted by molar-refractivity contribution is 7.10. The van der Waals surface area contributed by atoms with Crippen molar-refractivity contribution in [3.63, 3.8) is 0 Å². The quantitative estimate of drug-likeness (QED) is 0.746. The summed E-state index contributed by atoms with van der Waals surface area (Å²) in [5.41, 5.74) is 1.84. The third-order valence-electron chi connectivity index (χ3n) is 1.82. The van der Waals surface area contributed by atoms with Crippen molar-refractivity contribution in [3.8, 4) is 0 Å². The molecule has 1 aromatic heterocycles. The van der Waals surface area contributed by atoms with Crippen LogP contribution in [0.25, 0.3) is 5.57 Å². The molecule has 0 aromatic carbocycles. The van der Waals surface area contributed by atoms with Crippen LogP contribution in [0.1, 0.15) is 37.4 Å². The lowest BCUT2D eigenvalue weighted by Crippen LogP contribution is -2.01. The summed E-state index contributed by atoms with van der Waals surface area (Å²) in [7, 11) is 0. The highest BCUT2D eigenvalue weighted by atomic mass is 32.1. The van der Waals surface area contributed by atoms with Crippen molar-refractivity contribution in [2.75, 3.05) is 0 Å². The van der Waals surface area contributed by atoms with Gasteiger partial charge < -0.3 is 0 Å². The van der Waals surface area contributed by atoms with Crippen LogP contribution in [0.4, 0.5) is 0 Å². The largest absolute Gasteiger partial charge is 0.299 e. The van der Waals surface area contributed by atoms with E-state index in [-0.39, 0.29) is 5.78 Å². The summed E-state index contributed by atoms with van der Waals surface area (Å²) in [5.74, 6) is 0.270. The van der Waals surface area contributed by atoms with Crippen molar-refractivity contribution >= 4 is 22.7 Å². The van der Waals surface area contributed by atoms with Gasteiger partial charge in [0.2, 0.25) is 0 Å². The molecule has 0 aliphatic carbocycles. The van der Waals surface area contributed by atoms with E-state index in [1.165, 1.54) is 0 Å². The second kappa shape index (κ2) is 5.05. The molecule has 76 valence electrons. The Bertz CT molecular complexity index is 341. The van der Waals surface area contributed by atoms with E-state index in [9.17, 15) is 4.79 Å². The fourth-order valence-electron chi connectivity index (χ4n) is 1.15. The van der Waals surface area contributed by atoms with Gasteiger partial charge >= 0.3 is 0 Å². The monoisotopic (exact) mass is 209 g/mol. The zero-order chi connectivity index (χ0) is 10.6. The predicted molar refractivity (Wildman–Crippen MR) is 60.4 cm³/mol. The SMILES string of the molecule is C=C(C)c1nc(CC(=O)CCC)cs1. The van der Waals surface area contributed by atoms with Gasteiger partial charge in [-0.05, 0) is 18.9 Å². The predicted octanol–water partition coefficient (Wildman–Crippen LogP) is 3.09. The van der Waals surface area contributed by atoms with Gasteiger partial charge in [-0.25, -0.2) is 4.98 Å². The Morgan fingerprint density at radius 1 is 1.64 bits per heavy atom. The number of carbonyl (C=O) groups excluding carboxylic acids is 1. The first-order valence-electron chi connectivity index (χ1n) is 4.75. The number of hydrogen-bond donors (Lipinski definition) is 0. The summed E-state index contributed by atoms with van der Waals surface area (Å²) in [6, 6.07) is 0. The van der Waals surface area contributed by atoms with Gasteiger partial charge in [0.25, 0.3) is 0 Å². The van der Waals surface area contributed by atoms with Crippen molar-refractivity contribution in [2.45, 2.75) is 33.1 Å². The van der Waals surface area contributed by atoms with Gasteiger partial charge in [-0.1, -0.05) is 13.5 Å². The van der Waals surface area contributed by atoms with E-state index >= 15 is 0 Å². The number of carbonyl (C=O) groups is 1. The minimum absolute atomic E-state index is 0.270. The molecule has 2 nitrogen and oxygen atoms in total. The Hall–Kier alpha value is -0.960. The van der Waals surface area contributed by atoms with Gasteiger partial charge in [0.1, 0.15) is 10.8 Å². The van der Waals surface area contributed by atoms with E-state index in [2.05, 4.69) is 11.6 Å². The minimum atomic E-state index is 0.270. The number of aromatic nitrogens is 1. The first-order chi connectivity index (χ1) is 6.63. The van der Waals surface area contributed by atoms with E-state index in [0.717, 1.165) is 22.7 Å². The van der Waals surface area contributed by atoms with E-state index in [4.69, 9.17) is 0 Å². The van der Waals surface area contributed by atoms with Gasteiger partial charge in [0.15, 0.2) is 0 Å². The van der Waals surface area contributed by atoms with Gasteiger partial charge in [0, 0.05) is 18.2 Å². The van der Waals surface area contributed by atoms with Gasteiger partial charge in [0.05, 0.1) is 5.69 Å². The van der Waals surface area contributed by atoms with Crippen LogP contribution in [-0.4, -0.2) is 10.8 Å². The number of rotatable bonds is 5. The molecular weight excluding hydrogens is 194 g/mol.